The van der Waals surface area contributed by atoms with Gasteiger partial charge in [-0.2, -0.15) is 13.2 Å². The number of aliphatic carboxylic acids is 1. The summed E-state index contributed by atoms with van der Waals surface area (Å²) in [5.41, 5.74) is -0.486. The summed E-state index contributed by atoms with van der Waals surface area (Å²) in [6.45, 7) is 12.4. The summed E-state index contributed by atoms with van der Waals surface area (Å²) in [6.07, 6.45) is -1.08. The third kappa shape index (κ3) is 11.3. The molecule has 2 heterocycles. The van der Waals surface area contributed by atoms with Crippen molar-refractivity contribution in [1.82, 2.24) is 15.3 Å². The normalized spacial score (nSPS) is 12.5. The van der Waals surface area contributed by atoms with Crippen LogP contribution in [0.4, 0.5) is 13.2 Å². The van der Waals surface area contributed by atoms with E-state index >= 15 is 0 Å². The summed E-state index contributed by atoms with van der Waals surface area (Å²) >= 11 is 0. The van der Waals surface area contributed by atoms with Crippen LogP contribution < -0.4 is 10.1 Å². The monoisotopic (exact) mass is 623 g/mol. The van der Waals surface area contributed by atoms with Crippen LogP contribution in [-0.2, 0) is 19.1 Å². The Kier molecular flexibility index (Phi) is 12.0. The number of carbonyl (C=O) groups is 3. The number of carboxylic acid groups (broad SMARTS) is 1. The van der Waals surface area contributed by atoms with E-state index < -0.39 is 35.2 Å². The molecule has 14 heteroatoms. The molecule has 11 nitrogen and oxygen atoms in total. The van der Waals surface area contributed by atoms with Gasteiger partial charge in [0, 0.05) is 6.20 Å². The summed E-state index contributed by atoms with van der Waals surface area (Å²) in [5.74, 6) is -3.51. The van der Waals surface area contributed by atoms with Gasteiger partial charge in [-0.1, -0.05) is 30.3 Å². The molecule has 0 radical (unpaired) electrons. The highest BCUT2D eigenvalue weighted by Crippen LogP contribution is 2.27. The zero-order chi connectivity index (χ0) is 33.3. The number of halogens is 3. The summed E-state index contributed by atoms with van der Waals surface area (Å²) < 4.78 is 54.7. The molecule has 3 aromatic rings. The van der Waals surface area contributed by atoms with Crippen LogP contribution in [0, 0.1) is 0 Å². The lowest BCUT2D eigenvalue weighted by molar-refractivity contribution is -0.192. The van der Waals surface area contributed by atoms with Crippen molar-refractivity contribution in [2.45, 2.75) is 78.0 Å². The fourth-order valence-electron chi connectivity index (χ4n) is 3.39. The van der Waals surface area contributed by atoms with Gasteiger partial charge in [0.1, 0.15) is 35.7 Å². The molecule has 1 amide bonds. The largest absolute Gasteiger partial charge is 0.490 e. The van der Waals surface area contributed by atoms with Gasteiger partial charge in [0.25, 0.3) is 5.91 Å². The van der Waals surface area contributed by atoms with E-state index in [-0.39, 0.29) is 30.3 Å². The van der Waals surface area contributed by atoms with E-state index in [0.29, 0.717) is 11.5 Å². The van der Waals surface area contributed by atoms with Crippen LogP contribution in [0.5, 0.6) is 5.88 Å². The maximum Gasteiger partial charge on any atom is 0.490 e. The molecular formula is C30H36F3N3O8. The molecule has 0 spiro atoms. The van der Waals surface area contributed by atoms with E-state index in [1.54, 1.807) is 40.7 Å². The van der Waals surface area contributed by atoms with Gasteiger partial charge in [-0.3, -0.25) is 4.79 Å². The number of amides is 1. The van der Waals surface area contributed by atoms with Crippen LogP contribution in [0.15, 0.2) is 59.5 Å². The lowest BCUT2D eigenvalue weighted by Crippen LogP contribution is -2.52. The number of hydrogen-bond acceptors (Lipinski definition) is 9. The standard InChI is InChI=1S/C28H35N3O6.C2HF3O2/c1-18(2)36-22(19-11-9-8-10-12-19)17-35-25-21(15-20(16-30-25)24-29-13-14-34-24)23(32)31-28(6,7)26(33)37-27(3,4)5;3-2(4,5)1(6)7/h8-16,18,22H,17H2,1-7H3,(H,31,32);(H,6,7). The minimum atomic E-state index is -5.08. The third-order valence-corrected chi connectivity index (χ3v) is 5.33. The number of esters is 1. The molecule has 1 atom stereocenters. The number of hydrogen-bond donors (Lipinski definition) is 2. The maximum absolute atomic E-state index is 13.4. The number of alkyl halides is 3. The van der Waals surface area contributed by atoms with E-state index in [4.69, 9.17) is 28.5 Å². The Morgan fingerprint density at radius 3 is 2.14 bits per heavy atom. The van der Waals surface area contributed by atoms with Crippen molar-refractivity contribution in [1.29, 1.82) is 0 Å². The molecule has 0 bridgehead atoms. The lowest BCUT2D eigenvalue weighted by atomic mass is 10.0. The van der Waals surface area contributed by atoms with Gasteiger partial charge < -0.3 is 29.1 Å². The number of rotatable bonds is 10. The van der Waals surface area contributed by atoms with Crippen LogP contribution in [0.25, 0.3) is 11.5 Å². The average Bonchev–Trinajstić information content (AvgIpc) is 3.45. The Hall–Kier alpha value is -4.46. The first kappa shape index (κ1) is 35.7. The van der Waals surface area contributed by atoms with Gasteiger partial charge in [-0.05, 0) is 60.1 Å². The van der Waals surface area contributed by atoms with Crippen molar-refractivity contribution in [3.8, 4) is 17.3 Å². The number of benzene rings is 1. The summed E-state index contributed by atoms with van der Waals surface area (Å²) in [6, 6.07) is 11.2. The molecule has 2 N–H and O–H groups in total. The SMILES string of the molecule is CC(C)OC(COc1ncc(-c2ncco2)cc1C(=O)NC(C)(C)C(=O)OC(C)(C)C)c1ccccc1.O=C(O)C(F)(F)F. The zero-order valence-electron chi connectivity index (χ0n) is 25.4. The molecular weight excluding hydrogens is 587 g/mol. The molecule has 2 aromatic heterocycles. The lowest BCUT2D eigenvalue weighted by Gasteiger charge is -2.29. The van der Waals surface area contributed by atoms with Gasteiger partial charge in [0.05, 0.1) is 17.9 Å². The fourth-order valence-corrected chi connectivity index (χ4v) is 3.39. The quantitative estimate of drug-likeness (QED) is 0.267. The second-order valence-corrected chi connectivity index (χ2v) is 11.2. The van der Waals surface area contributed by atoms with Crippen LogP contribution >= 0.6 is 0 Å². The predicted molar refractivity (Wildman–Crippen MR) is 152 cm³/mol. The van der Waals surface area contributed by atoms with Crippen molar-refractivity contribution in [3.63, 3.8) is 0 Å². The van der Waals surface area contributed by atoms with Crippen molar-refractivity contribution in [2.24, 2.45) is 0 Å². The molecule has 0 saturated carbocycles. The Bertz CT molecular complexity index is 1390. The molecule has 44 heavy (non-hydrogen) atoms. The van der Waals surface area contributed by atoms with Crippen molar-refractivity contribution in [3.05, 3.63) is 66.2 Å². The number of carboxylic acids is 1. The third-order valence-electron chi connectivity index (χ3n) is 5.33. The van der Waals surface area contributed by atoms with E-state index in [1.807, 2.05) is 44.2 Å². The Labute approximate surface area is 252 Å². The van der Waals surface area contributed by atoms with Crippen LogP contribution in [0.3, 0.4) is 0 Å². The minimum Gasteiger partial charge on any atom is -0.475 e. The highest BCUT2D eigenvalue weighted by molar-refractivity contribution is 6.00. The highest BCUT2D eigenvalue weighted by atomic mass is 19.4. The van der Waals surface area contributed by atoms with Crippen molar-refractivity contribution in [2.75, 3.05) is 6.61 Å². The van der Waals surface area contributed by atoms with E-state index in [9.17, 15) is 22.8 Å². The number of aromatic nitrogens is 2. The maximum atomic E-state index is 13.4. The van der Waals surface area contributed by atoms with Crippen LogP contribution in [0.1, 0.15) is 70.5 Å². The average molecular weight is 624 g/mol. The molecule has 3 rings (SSSR count). The molecule has 240 valence electrons. The molecule has 0 fully saturated rings. The zero-order valence-corrected chi connectivity index (χ0v) is 25.4. The minimum absolute atomic E-state index is 0.0495. The molecule has 1 aromatic carbocycles. The molecule has 1 unspecified atom stereocenters. The van der Waals surface area contributed by atoms with Gasteiger partial charge in [-0.25, -0.2) is 19.6 Å². The first-order valence-corrected chi connectivity index (χ1v) is 13.4. The van der Waals surface area contributed by atoms with E-state index in [1.165, 1.54) is 18.7 Å². The second kappa shape index (κ2) is 14.8. The van der Waals surface area contributed by atoms with Gasteiger partial charge in [0.2, 0.25) is 11.8 Å². The molecule has 0 saturated heterocycles. The first-order valence-electron chi connectivity index (χ1n) is 13.4. The first-order chi connectivity index (χ1) is 20.3. The van der Waals surface area contributed by atoms with Crippen molar-refractivity contribution >= 4 is 17.8 Å². The number of ether oxygens (including phenoxy) is 3. The molecule has 0 aliphatic carbocycles. The fraction of sp³-hybridized carbons (Fsp3) is 0.433. The Balaban J connectivity index is 0.000000860. The summed E-state index contributed by atoms with van der Waals surface area (Å²) in [7, 11) is 0. The van der Waals surface area contributed by atoms with E-state index in [0.717, 1.165) is 5.56 Å². The Morgan fingerprint density at radius 1 is 1.02 bits per heavy atom. The van der Waals surface area contributed by atoms with Gasteiger partial charge >= 0.3 is 18.1 Å². The number of nitrogens with one attached hydrogen (secondary N) is 1. The second-order valence-electron chi connectivity index (χ2n) is 11.2. The molecule has 0 aliphatic heterocycles. The topological polar surface area (TPSA) is 150 Å². The summed E-state index contributed by atoms with van der Waals surface area (Å²) in [4.78, 5) is 43.6. The predicted octanol–water partition coefficient (Wildman–Crippen LogP) is 5.77. The highest BCUT2D eigenvalue weighted by Gasteiger charge is 2.38. The smallest absolute Gasteiger partial charge is 0.475 e. The van der Waals surface area contributed by atoms with Crippen LogP contribution in [-0.4, -0.2) is 62.9 Å². The van der Waals surface area contributed by atoms with Crippen LogP contribution in [0.2, 0.25) is 0 Å². The number of oxazole rings is 1. The number of nitrogens with zero attached hydrogens (tertiary/aromatic N) is 2. The Morgan fingerprint density at radius 2 is 1.64 bits per heavy atom. The number of carbonyl (C=O) groups excluding carboxylic acids is 2. The van der Waals surface area contributed by atoms with E-state index in [2.05, 4.69) is 15.3 Å². The molecule has 0 aliphatic rings. The number of pyridine rings is 1. The summed E-state index contributed by atoms with van der Waals surface area (Å²) in [5, 5.41) is 9.87. The van der Waals surface area contributed by atoms with Gasteiger partial charge in [0.15, 0.2) is 0 Å². The van der Waals surface area contributed by atoms with Gasteiger partial charge in [-0.15, -0.1) is 0 Å². The van der Waals surface area contributed by atoms with Crippen molar-refractivity contribution < 1.29 is 51.3 Å².